The van der Waals surface area contributed by atoms with Gasteiger partial charge in [0.25, 0.3) is 0 Å². The van der Waals surface area contributed by atoms with Crippen LogP contribution in [0.25, 0.3) is 11.4 Å². The highest BCUT2D eigenvalue weighted by Crippen LogP contribution is 2.18. The van der Waals surface area contributed by atoms with Gasteiger partial charge in [0.1, 0.15) is 0 Å². The number of rotatable bonds is 4. The molecule has 1 atom stereocenters. The maximum Gasteiger partial charge on any atom is 0.227 e. The monoisotopic (exact) mass is 313 g/mol. The van der Waals surface area contributed by atoms with Gasteiger partial charge in [-0.05, 0) is 25.7 Å². The van der Waals surface area contributed by atoms with Crippen LogP contribution in [-0.4, -0.2) is 34.0 Å². The average molecular weight is 313 g/mol. The summed E-state index contributed by atoms with van der Waals surface area (Å²) in [7, 11) is 0. The number of benzene rings is 1. The van der Waals surface area contributed by atoms with Crippen LogP contribution in [0.1, 0.15) is 37.6 Å². The smallest absolute Gasteiger partial charge is 0.227 e. The van der Waals surface area contributed by atoms with Crippen molar-refractivity contribution in [3.8, 4) is 11.4 Å². The van der Waals surface area contributed by atoms with E-state index < -0.39 is 0 Å². The van der Waals surface area contributed by atoms with E-state index in [4.69, 9.17) is 4.52 Å². The second-order valence-electron chi connectivity index (χ2n) is 6.46. The first-order valence-corrected chi connectivity index (χ1v) is 8.29. The zero-order valence-corrected chi connectivity index (χ0v) is 13.8. The van der Waals surface area contributed by atoms with Crippen LogP contribution >= 0.6 is 0 Å². The topological polar surface area (TPSA) is 59.2 Å². The summed E-state index contributed by atoms with van der Waals surface area (Å²) in [5, 5.41) is 4.01. The van der Waals surface area contributed by atoms with E-state index in [9.17, 15) is 4.79 Å². The summed E-state index contributed by atoms with van der Waals surface area (Å²) in [6, 6.07) is 7.99. The SMILES string of the molecule is Cc1ccc(-c2noc(CCC(=O)N3CCC[C@@H](C)C3)n2)cc1. The molecule has 122 valence electrons. The first-order chi connectivity index (χ1) is 11.1. The number of amides is 1. The van der Waals surface area contributed by atoms with Crippen LogP contribution in [0.4, 0.5) is 0 Å². The highest BCUT2D eigenvalue weighted by molar-refractivity contribution is 5.76. The van der Waals surface area contributed by atoms with Crippen molar-refractivity contribution in [2.24, 2.45) is 5.92 Å². The van der Waals surface area contributed by atoms with Crippen molar-refractivity contribution in [2.45, 2.75) is 39.5 Å². The zero-order chi connectivity index (χ0) is 16.2. The van der Waals surface area contributed by atoms with Crippen molar-refractivity contribution in [2.75, 3.05) is 13.1 Å². The molecule has 1 aromatic heterocycles. The predicted molar refractivity (Wildman–Crippen MR) is 87.8 cm³/mol. The molecule has 5 nitrogen and oxygen atoms in total. The molecule has 2 aromatic rings. The highest BCUT2D eigenvalue weighted by atomic mass is 16.5. The number of hydrogen-bond acceptors (Lipinski definition) is 4. The van der Waals surface area contributed by atoms with Crippen molar-refractivity contribution in [3.05, 3.63) is 35.7 Å². The van der Waals surface area contributed by atoms with Crippen LogP contribution < -0.4 is 0 Å². The molecule has 0 aliphatic carbocycles. The van der Waals surface area contributed by atoms with Crippen molar-refractivity contribution < 1.29 is 9.32 Å². The molecular formula is C18H23N3O2. The molecule has 0 N–H and O–H groups in total. The molecule has 1 amide bonds. The van der Waals surface area contributed by atoms with Gasteiger partial charge in [0.05, 0.1) is 0 Å². The van der Waals surface area contributed by atoms with Gasteiger partial charge in [-0.3, -0.25) is 4.79 Å². The van der Waals surface area contributed by atoms with Crippen molar-refractivity contribution >= 4 is 5.91 Å². The molecule has 1 saturated heterocycles. The Balaban J connectivity index is 1.56. The van der Waals surface area contributed by atoms with Gasteiger partial charge in [0.2, 0.25) is 17.6 Å². The molecule has 1 aromatic carbocycles. The van der Waals surface area contributed by atoms with E-state index in [-0.39, 0.29) is 5.91 Å². The maximum absolute atomic E-state index is 12.3. The Labute approximate surface area is 136 Å². The summed E-state index contributed by atoms with van der Waals surface area (Å²) in [6.07, 6.45) is 3.25. The summed E-state index contributed by atoms with van der Waals surface area (Å²) >= 11 is 0. The Morgan fingerprint density at radius 1 is 1.35 bits per heavy atom. The number of nitrogens with zero attached hydrogens (tertiary/aromatic N) is 3. The Morgan fingerprint density at radius 3 is 2.87 bits per heavy atom. The largest absolute Gasteiger partial charge is 0.342 e. The van der Waals surface area contributed by atoms with Crippen LogP contribution in [-0.2, 0) is 11.2 Å². The standard InChI is InChI=1S/C18H23N3O2/c1-13-5-7-15(8-6-13)18-19-16(23-20-18)9-10-17(22)21-11-3-4-14(2)12-21/h5-8,14H,3-4,9-12H2,1-2H3/t14-/m1/s1. The van der Waals surface area contributed by atoms with Gasteiger partial charge in [-0.25, -0.2) is 0 Å². The molecule has 0 radical (unpaired) electrons. The minimum atomic E-state index is 0.187. The predicted octanol–water partition coefficient (Wildman–Crippen LogP) is 3.24. The van der Waals surface area contributed by atoms with Gasteiger partial charge >= 0.3 is 0 Å². The molecular weight excluding hydrogens is 290 g/mol. The molecule has 0 bridgehead atoms. The molecule has 0 saturated carbocycles. The normalized spacial score (nSPS) is 18.2. The van der Waals surface area contributed by atoms with E-state index in [1.807, 2.05) is 36.1 Å². The second-order valence-corrected chi connectivity index (χ2v) is 6.46. The van der Waals surface area contributed by atoms with Crippen LogP contribution in [0.5, 0.6) is 0 Å². The summed E-state index contributed by atoms with van der Waals surface area (Å²) < 4.78 is 5.28. The molecule has 1 fully saturated rings. The van der Waals surface area contributed by atoms with Crippen molar-refractivity contribution in [1.82, 2.24) is 15.0 Å². The molecule has 1 aliphatic rings. The number of carbonyl (C=O) groups is 1. The third-order valence-corrected chi connectivity index (χ3v) is 4.34. The lowest BCUT2D eigenvalue weighted by molar-refractivity contribution is -0.132. The van der Waals surface area contributed by atoms with Gasteiger partial charge in [-0.15, -0.1) is 0 Å². The van der Waals surface area contributed by atoms with E-state index in [0.717, 1.165) is 25.1 Å². The fourth-order valence-electron chi connectivity index (χ4n) is 2.96. The molecule has 2 heterocycles. The molecule has 1 aliphatic heterocycles. The fraction of sp³-hybridized carbons (Fsp3) is 0.500. The first-order valence-electron chi connectivity index (χ1n) is 8.29. The number of carbonyl (C=O) groups excluding carboxylic acids is 1. The summed E-state index contributed by atoms with van der Waals surface area (Å²) in [4.78, 5) is 18.6. The van der Waals surface area contributed by atoms with Gasteiger partial charge in [0.15, 0.2) is 0 Å². The van der Waals surface area contributed by atoms with E-state index in [1.54, 1.807) is 0 Å². The third kappa shape index (κ3) is 3.97. The lowest BCUT2D eigenvalue weighted by Crippen LogP contribution is -2.39. The molecule has 5 heteroatoms. The average Bonchev–Trinajstić information content (AvgIpc) is 3.02. The van der Waals surface area contributed by atoms with Gasteiger partial charge in [-0.2, -0.15) is 4.98 Å². The Kier molecular flexibility index (Phi) is 4.74. The fourth-order valence-corrected chi connectivity index (χ4v) is 2.96. The minimum Gasteiger partial charge on any atom is -0.342 e. The van der Waals surface area contributed by atoms with Crippen molar-refractivity contribution in [3.63, 3.8) is 0 Å². The summed E-state index contributed by atoms with van der Waals surface area (Å²) in [6.45, 7) is 5.99. The quantitative estimate of drug-likeness (QED) is 0.869. The zero-order valence-electron chi connectivity index (χ0n) is 13.8. The lowest BCUT2D eigenvalue weighted by Gasteiger charge is -2.30. The van der Waals surface area contributed by atoms with Crippen molar-refractivity contribution in [1.29, 1.82) is 0 Å². The molecule has 0 spiro atoms. The van der Waals surface area contributed by atoms with E-state index in [0.29, 0.717) is 30.5 Å². The lowest BCUT2D eigenvalue weighted by atomic mass is 10.00. The summed E-state index contributed by atoms with van der Waals surface area (Å²) in [5.74, 6) is 1.90. The van der Waals surface area contributed by atoms with Crippen LogP contribution in [0.3, 0.4) is 0 Å². The molecule has 23 heavy (non-hydrogen) atoms. The van der Waals surface area contributed by atoms with Crippen LogP contribution in [0.2, 0.25) is 0 Å². The van der Waals surface area contributed by atoms with E-state index in [2.05, 4.69) is 17.1 Å². The number of piperidine rings is 1. The second kappa shape index (κ2) is 6.94. The molecule has 0 unspecified atom stereocenters. The Morgan fingerprint density at radius 2 is 2.13 bits per heavy atom. The van der Waals surface area contributed by atoms with Crippen LogP contribution in [0, 0.1) is 12.8 Å². The van der Waals surface area contributed by atoms with Crippen LogP contribution in [0.15, 0.2) is 28.8 Å². The van der Waals surface area contributed by atoms with E-state index >= 15 is 0 Å². The number of likely N-dealkylation sites (tertiary alicyclic amines) is 1. The number of hydrogen-bond donors (Lipinski definition) is 0. The van der Waals surface area contributed by atoms with Gasteiger partial charge in [0, 0.05) is 31.5 Å². The Hall–Kier alpha value is -2.17. The first kappa shape index (κ1) is 15.7. The Bertz CT molecular complexity index is 663. The highest BCUT2D eigenvalue weighted by Gasteiger charge is 2.21. The van der Waals surface area contributed by atoms with E-state index in [1.165, 1.54) is 12.0 Å². The van der Waals surface area contributed by atoms with Gasteiger partial charge in [-0.1, -0.05) is 41.9 Å². The summed E-state index contributed by atoms with van der Waals surface area (Å²) in [5.41, 5.74) is 2.13. The number of aromatic nitrogens is 2. The van der Waals surface area contributed by atoms with Gasteiger partial charge < -0.3 is 9.42 Å². The number of aryl methyl sites for hydroxylation is 2. The maximum atomic E-state index is 12.3. The molecule has 3 rings (SSSR count). The third-order valence-electron chi connectivity index (χ3n) is 4.34. The minimum absolute atomic E-state index is 0.187.